The zero-order valence-electron chi connectivity index (χ0n) is 12.6. The molecule has 0 aliphatic heterocycles. The van der Waals surface area contributed by atoms with Crippen LogP contribution in [0, 0.1) is 12.8 Å². The minimum absolute atomic E-state index is 0.325. The van der Waals surface area contributed by atoms with Crippen molar-refractivity contribution in [3.8, 4) is 0 Å². The van der Waals surface area contributed by atoms with Crippen LogP contribution in [0.3, 0.4) is 0 Å². The Morgan fingerprint density at radius 1 is 1.00 bits per heavy atom. The van der Waals surface area contributed by atoms with Gasteiger partial charge >= 0.3 is 0 Å². The Bertz CT molecular complexity index is 575. The Kier molecular flexibility index (Phi) is 4.65. The lowest BCUT2D eigenvalue weighted by atomic mass is 9.75. The first-order chi connectivity index (χ1) is 10.2. The second kappa shape index (κ2) is 6.66. The average Bonchev–Trinajstić information content (AvgIpc) is 2.50. The highest BCUT2D eigenvalue weighted by molar-refractivity contribution is 6.20. The van der Waals surface area contributed by atoms with Crippen molar-refractivity contribution >= 4 is 11.6 Å². The van der Waals surface area contributed by atoms with Gasteiger partial charge in [0.2, 0.25) is 0 Å². The van der Waals surface area contributed by atoms with E-state index in [0.717, 1.165) is 12.8 Å². The molecule has 2 aromatic rings. The lowest BCUT2D eigenvalue weighted by Gasteiger charge is -2.33. The SMILES string of the molecule is Cc1cccc(CC2CC(c3ccccc3)CCC2Cl)c1. The molecule has 3 unspecified atom stereocenters. The molecular weight excluding hydrogens is 276 g/mol. The molecule has 0 heterocycles. The number of benzene rings is 2. The van der Waals surface area contributed by atoms with Gasteiger partial charge in [0.1, 0.15) is 0 Å². The van der Waals surface area contributed by atoms with E-state index in [9.17, 15) is 0 Å². The minimum Gasteiger partial charge on any atom is -0.123 e. The summed E-state index contributed by atoms with van der Waals surface area (Å²) in [4.78, 5) is 0. The fraction of sp³-hybridized carbons (Fsp3) is 0.400. The van der Waals surface area contributed by atoms with E-state index in [1.54, 1.807) is 0 Å². The largest absolute Gasteiger partial charge is 0.123 e. The highest BCUT2D eigenvalue weighted by Gasteiger charge is 2.29. The zero-order chi connectivity index (χ0) is 14.7. The summed E-state index contributed by atoms with van der Waals surface area (Å²) in [5, 5.41) is 0.325. The second-order valence-corrected chi connectivity index (χ2v) is 6.95. The van der Waals surface area contributed by atoms with Crippen molar-refractivity contribution in [1.82, 2.24) is 0 Å². The molecule has 1 fully saturated rings. The van der Waals surface area contributed by atoms with Crippen LogP contribution >= 0.6 is 11.6 Å². The number of rotatable bonds is 3. The quantitative estimate of drug-likeness (QED) is 0.635. The summed E-state index contributed by atoms with van der Waals surface area (Å²) in [5.74, 6) is 1.27. The fourth-order valence-electron chi connectivity index (χ4n) is 3.61. The maximum atomic E-state index is 6.63. The third-order valence-corrected chi connectivity index (χ3v) is 5.32. The Morgan fingerprint density at radius 2 is 1.81 bits per heavy atom. The van der Waals surface area contributed by atoms with E-state index in [2.05, 4.69) is 61.5 Å². The molecule has 3 rings (SSSR count). The first kappa shape index (κ1) is 14.7. The van der Waals surface area contributed by atoms with Crippen LogP contribution in [0.1, 0.15) is 41.9 Å². The second-order valence-electron chi connectivity index (χ2n) is 6.39. The van der Waals surface area contributed by atoms with Gasteiger partial charge < -0.3 is 0 Å². The van der Waals surface area contributed by atoms with Gasteiger partial charge in [-0.1, -0.05) is 60.2 Å². The summed E-state index contributed by atoms with van der Waals surface area (Å²) in [5.41, 5.74) is 4.25. The van der Waals surface area contributed by atoms with Gasteiger partial charge in [-0.15, -0.1) is 11.6 Å². The van der Waals surface area contributed by atoms with E-state index in [1.165, 1.54) is 29.5 Å². The van der Waals surface area contributed by atoms with E-state index in [-0.39, 0.29) is 0 Å². The zero-order valence-corrected chi connectivity index (χ0v) is 13.4. The van der Waals surface area contributed by atoms with Gasteiger partial charge in [0.25, 0.3) is 0 Å². The van der Waals surface area contributed by atoms with Crippen molar-refractivity contribution in [1.29, 1.82) is 0 Å². The van der Waals surface area contributed by atoms with Crippen molar-refractivity contribution < 1.29 is 0 Å². The molecule has 0 amide bonds. The van der Waals surface area contributed by atoms with Crippen molar-refractivity contribution in [3.05, 3.63) is 71.3 Å². The third-order valence-electron chi connectivity index (χ3n) is 4.74. The molecule has 1 aliphatic carbocycles. The molecule has 110 valence electrons. The summed E-state index contributed by atoms with van der Waals surface area (Å²) in [6, 6.07) is 19.8. The van der Waals surface area contributed by atoms with Gasteiger partial charge in [-0.2, -0.15) is 0 Å². The molecule has 0 spiro atoms. The van der Waals surface area contributed by atoms with Crippen molar-refractivity contribution in [2.24, 2.45) is 5.92 Å². The molecule has 1 heteroatoms. The molecule has 0 radical (unpaired) electrons. The van der Waals surface area contributed by atoms with Crippen molar-refractivity contribution in [2.75, 3.05) is 0 Å². The van der Waals surface area contributed by atoms with Gasteiger partial charge in [-0.25, -0.2) is 0 Å². The van der Waals surface area contributed by atoms with Crippen LogP contribution in [0.25, 0.3) is 0 Å². The van der Waals surface area contributed by atoms with E-state index in [0.29, 0.717) is 17.2 Å². The predicted molar refractivity (Wildman–Crippen MR) is 91.0 cm³/mol. The smallest absolute Gasteiger partial charge is 0.0367 e. The third kappa shape index (κ3) is 3.68. The normalized spacial score (nSPS) is 25.7. The molecule has 0 nitrogen and oxygen atoms in total. The molecule has 1 saturated carbocycles. The lowest BCUT2D eigenvalue weighted by molar-refractivity contribution is 0.326. The summed E-state index contributed by atoms with van der Waals surface area (Å²) in [6.45, 7) is 2.16. The number of alkyl halides is 1. The molecule has 0 bridgehead atoms. The van der Waals surface area contributed by atoms with Gasteiger partial charge in [0.15, 0.2) is 0 Å². The molecule has 2 aromatic carbocycles. The van der Waals surface area contributed by atoms with Gasteiger partial charge in [-0.3, -0.25) is 0 Å². The molecule has 3 atom stereocenters. The minimum atomic E-state index is 0.325. The van der Waals surface area contributed by atoms with E-state index < -0.39 is 0 Å². The summed E-state index contributed by atoms with van der Waals surface area (Å²) in [6.07, 6.45) is 4.69. The van der Waals surface area contributed by atoms with E-state index in [4.69, 9.17) is 11.6 Å². The monoisotopic (exact) mass is 298 g/mol. The van der Waals surface area contributed by atoms with Crippen LogP contribution in [0.4, 0.5) is 0 Å². The predicted octanol–water partition coefficient (Wildman–Crippen LogP) is 5.73. The van der Waals surface area contributed by atoms with E-state index in [1.807, 2.05) is 0 Å². The standard InChI is InChI=1S/C20H23Cl/c1-15-6-5-7-16(12-15)13-19-14-18(10-11-20(19)21)17-8-3-2-4-9-17/h2-9,12,18-20H,10-11,13-14H2,1H3. The van der Waals surface area contributed by atoms with Gasteiger partial charge in [0.05, 0.1) is 0 Å². The number of hydrogen-bond donors (Lipinski definition) is 0. The number of hydrogen-bond acceptors (Lipinski definition) is 0. The Morgan fingerprint density at radius 3 is 2.57 bits per heavy atom. The van der Waals surface area contributed by atoms with Gasteiger partial charge in [-0.05, 0) is 55.6 Å². The van der Waals surface area contributed by atoms with Crippen LogP contribution in [-0.2, 0) is 6.42 Å². The molecule has 1 aliphatic rings. The summed E-state index contributed by atoms with van der Waals surface area (Å²) in [7, 11) is 0. The highest BCUT2D eigenvalue weighted by Crippen LogP contribution is 2.40. The highest BCUT2D eigenvalue weighted by atomic mass is 35.5. The molecular formula is C20H23Cl. The molecule has 21 heavy (non-hydrogen) atoms. The summed E-state index contributed by atoms with van der Waals surface area (Å²) < 4.78 is 0. The molecule has 0 aromatic heterocycles. The van der Waals surface area contributed by atoms with Crippen LogP contribution in [-0.4, -0.2) is 5.38 Å². The lowest BCUT2D eigenvalue weighted by Crippen LogP contribution is -2.26. The molecule has 0 saturated heterocycles. The first-order valence-electron chi connectivity index (χ1n) is 7.97. The number of aryl methyl sites for hydroxylation is 1. The Labute approximate surface area is 133 Å². The first-order valence-corrected chi connectivity index (χ1v) is 8.40. The number of halogens is 1. The molecule has 0 N–H and O–H groups in total. The van der Waals surface area contributed by atoms with Crippen LogP contribution in [0.15, 0.2) is 54.6 Å². The van der Waals surface area contributed by atoms with Crippen LogP contribution in [0.5, 0.6) is 0 Å². The van der Waals surface area contributed by atoms with Crippen LogP contribution in [0.2, 0.25) is 0 Å². The van der Waals surface area contributed by atoms with E-state index >= 15 is 0 Å². The Hall–Kier alpha value is -1.27. The Balaban J connectivity index is 1.72. The average molecular weight is 299 g/mol. The maximum Gasteiger partial charge on any atom is 0.0367 e. The fourth-order valence-corrected chi connectivity index (χ4v) is 3.93. The van der Waals surface area contributed by atoms with Gasteiger partial charge in [0, 0.05) is 5.38 Å². The topological polar surface area (TPSA) is 0 Å². The summed E-state index contributed by atoms with van der Waals surface area (Å²) >= 11 is 6.63. The maximum absolute atomic E-state index is 6.63. The van der Waals surface area contributed by atoms with Crippen LogP contribution < -0.4 is 0 Å². The van der Waals surface area contributed by atoms with Crippen molar-refractivity contribution in [3.63, 3.8) is 0 Å². The van der Waals surface area contributed by atoms with Crippen molar-refractivity contribution in [2.45, 2.75) is 43.9 Å².